The zero-order valence-electron chi connectivity index (χ0n) is 9.28. The van der Waals surface area contributed by atoms with E-state index in [1.54, 1.807) is 12.1 Å². The van der Waals surface area contributed by atoms with E-state index < -0.39 is 0 Å². The molecular formula is C15H8Cl2O. The quantitative estimate of drug-likeness (QED) is 0.735. The predicted octanol–water partition coefficient (Wildman–Crippen LogP) is 4.73. The third-order valence-electron chi connectivity index (χ3n) is 2.98. The van der Waals surface area contributed by atoms with Gasteiger partial charge in [0.05, 0.1) is 10.0 Å². The molecule has 1 nitrogen and oxygen atoms in total. The molecule has 0 fully saturated rings. The highest BCUT2D eigenvalue weighted by molar-refractivity contribution is 6.43. The maximum absolute atomic E-state index is 12.2. The molecule has 2 aromatic carbocycles. The summed E-state index contributed by atoms with van der Waals surface area (Å²) in [4.78, 5) is 12.2. The number of ketones is 1. The van der Waals surface area contributed by atoms with Crippen molar-refractivity contribution in [3.05, 3.63) is 69.2 Å². The third-order valence-corrected chi connectivity index (χ3v) is 3.72. The lowest BCUT2D eigenvalue weighted by Crippen LogP contribution is -1.97. The minimum absolute atomic E-state index is 0.0315. The number of carbonyl (C=O) groups is 1. The first kappa shape index (κ1) is 11.5. The molecule has 1 aliphatic rings. The Balaban J connectivity index is 2.10. The summed E-state index contributed by atoms with van der Waals surface area (Å²) in [6.07, 6.45) is 1.89. The molecule has 0 N–H and O–H groups in total. The maximum atomic E-state index is 12.2. The van der Waals surface area contributed by atoms with Gasteiger partial charge in [0.15, 0.2) is 5.78 Å². The lowest BCUT2D eigenvalue weighted by molar-refractivity contribution is 0.105. The summed E-state index contributed by atoms with van der Waals surface area (Å²) in [5.41, 5.74) is 3.14. The van der Waals surface area contributed by atoms with Gasteiger partial charge in [-0.2, -0.15) is 0 Å². The molecule has 18 heavy (non-hydrogen) atoms. The van der Waals surface area contributed by atoms with E-state index in [9.17, 15) is 4.79 Å². The van der Waals surface area contributed by atoms with E-state index >= 15 is 0 Å². The van der Waals surface area contributed by atoms with Gasteiger partial charge in [0, 0.05) is 11.1 Å². The highest BCUT2D eigenvalue weighted by atomic mass is 35.5. The van der Waals surface area contributed by atoms with Crippen molar-refractivity contribution in [2.45, 2.75) is 0 Å². The van der Waals surface area contributed by atoms with Crippen LogP contribution >= 0.6 is 23.2 Å². The van der Waals surface area contributed by atoms with Crippen molar-refractivity contribution in [1.82, 2.24) is 0 Å². The van der Waals surface area contributed by atoms with E-state index in [-0.39, 0.29) is 5.78 Å². The largest absolute Gasteiger partial charge is 0.289 e. The molecule has 3 rings (SSSR count). The van der Waals surface area contributed by atoms with Crippen LogP contribution < -0.4 is 0 Å². The van der Waals surface area contributed by atoms with E-state index in [2.05, 4.69) is 0 Å². The standard InChI is InChI=1S/C15H8Cl2O/c16-13-6-5-10(8-14(13)17)12-7-9-3-1-2-4-11(9)15(12)18/h1-8H. The average Bonchev–Trinajstić information content (AvgIpc) is 2.71. The average molecular weight is 275 g/mol. The van der Waals surface area contributed by atoms with Gasteiger partial charge in [-0.15, -0.1) is 0 Å². The van der Waals surface area contributed by atoms with Gasteiger partial charge in [-0.3, -0.25) is 4.79 Å². The molecule has 0 spiro atoms. The van der Waals surface area contributed by atoms with Crippen LogP contribution in [-0.4, -0.2) is 5.78 Å². The summed E-state index contributed by atoms with van der Waals surface area (Å²) in [6.45, 7) is 0. The molecule has 0 heterocycles. The van der Waals surface area contributed by atoms with Crippen molar-refractivity contribution in [3.63, 3.8) is 0 Å². The zero-order valence-corrected chi connectivity index (χ0v) is 10.8. The van der Waals surface area contributed by atoms with E-state index in [0.717, 1.165) is 16.7 Å². The van der Waals surface area contributed by atoms with E-state index in [1.165, 1.54) is 0 Å². The number of hydrogen-bond donors (Lipinski definition) is 0. The smallest absolute Gasteiger partial charge is 0.194 e. The van der Waals surface area contributed by atoms with E-state index in [4.69, 9.17) is 23.2 Å². The number of benzene rings is 2. The van der Waals surface area contributed by atoms with Crippen molar-refractivity contribution in [1.29, 1.82) is 0 Å². The van der Waals surface area contributed by atoms with Gasteiger partial charge in [0.25, 0.3) is 0 Å². The van der Waals surface area contributed by atoms with Gasteiger partial charge < -0.3 is 0 Å². The normalized spacial score (nSPS) is 13.4. The molecule has 2 aromatic rings. The molecule has 0 atom stereocenters. The molecule has 0 amide bonds. The fourth-order valence-corrected chi connectivity index (χ4v) is 2.37. The molecule has 0 radical (unpaired) electrons. The third kappa shape index (κ3) is 1.76. The molecule has 0 saturated heterocycles. The van der Waals surface area contributed by atoms with Crippen LogP contribution in [-0.2, 0) is 0 Å². The second-order valence-corrected chi connectivity index (χ2v) is 4.92. The van der Waals surface area contributed by atoms with Crippen LogP contribution in [0.15, 0.2) is 42.5 Å². The highest BCUT2D eigenvalue weighted by Gasteiger charge is 2.23. The number of fused-ring (bicyclic) bond motifs is 1. The summed E-state index contributed by atoms with van der Waals surface area (Å²) in [6, 6.07) is 12.8. The first-order chi connectivity index (χ1) is 8.66. The van der Waals surface area contributed by atoms with Crippen LogP contribution in [0, 0.1) is 0 Å². The van der Waals surface area contributed by atoms with Gasteiger partial charge in [-0.05, 0) is 29.3 Å². The molecular weight excluding hydrogens is 267 g/mol. The molecule has 0 bridgehead atoms. The first-order valence-electron chi connectivity index (χ1n) is 5.47. The number of Topliss-reactive ketones (excluding diaryl/α,β-unsaturated/α-hetero) is 1. The summed E-state index contributed by atoms with van der Waals surface area (Å²) in [5.74, 6) is 0.0315. The molecule has 0 aliphatic heterocycles. The van der Waals surface area contributed by atoms with Crippen LogP contribution in [0.25, 0.3) is 11.6 Å². The summed E-state index contributed by atoms with van der Waals surface area (Å²) in [7, 11) is 0. The first-order valence-corrected chi connectivity index (χ1v) is 6.23. The molecule has 3 heteroatoms. The Kier molecular flexibility index (Phi) is 2.73. The van der Waals surface area contributed by atoms with Crippen LogP contribution in [0.5, 0.6) is 0 Å². The SMILES string of the molecule is O=C1C(c2ccc(Cl)c(Cl)c2)=Cc2ccccc21. The van der Waals surface area contributed by atoms with Crippen molar-refractivity contribution < 1.29 is 4.79 Å². The van der Waals surface area contributed by atoms with Gasteiger partial charge in [-0.25, -0.2) is 0 Å². The summed E-state index contributed by atoms with van der Waals surface area (Å²) >= 11 is 11.9. The fourth-order valence-electron chi connectivity index (χ4n) is 2.07. The van der Waals surface area contributed by atoms with Crippen LogP contribution in [0.2, 0.25) is 10.0 Å². The van der Waals surface area contributed by atoms with Crippen molar-refractivity contribution >= 4 is 40.6 Å². The lowest BCUT2D eigenvalue weighted by atomic mass is 10.0. The molecule has 1 aliphatic carbocycles. The fraction of sp³-hybridized carbons (Fsp3) is 0. The molecule has 0 unspecified atom stereocenters. The van der Waals surface area contributed by atoms with E-state index in [1.807, 2.05) is 36.4 Å². The molecule has 0 aromatic heterocycles. The minimum Gasteiger partial charge on any atom is -0.289 e. The van der Waals surface area contributed by atoms with Crippen molar-refractivity contribution in [2.24, 2.45) is 0 Å². The number of halogens is 2. The Bertz CT molecular complexity index is 687. The molecule has 88 valence electrons. The second kappa shape index (κ2) is 4.27. The van der Waals surface area contributed by atoms with Gasteiger partial charge in [0.2, 0.25) is 0 Å². The van der Waals surface area contributed by atoms with Crippen LogP contribution in [0.3, 0.4) is 0 Å². The maximum Gasteiger partial charge on any atom is 0.194 e. The Morgan fingerprint density at radius 2 is 1.67 bits per heavy atom. The number of carbonyl (C=O) groups excluding carboxylic acids is 1. The second-order valence-electron chi connectivity index (χ2n) is 4.10. The van der Waals surface area contributed by atoms with Gasteiger partial charge >= 0.3 is 0 Å². The van der Waals surface area contributed by atoms with Crippen LogP contribution in [0.1, 0.15) is 21.5 Å². The monoisotopic (exact) mass is 274 g/mol. The highest BCUT2D eigenvalue weighted by Crippen LogP contribution is 2.33. The Hall–Kier alpha value is -1.57. The summed E-state index contributed by atoms with van der Waals surface area (Å²) < 4.78 is 0. The molecule has 0 saturated carbocycles. The minimum atomic E-state index is 0.0315. The Morgan fingerprint density at radius 3 is 2.39 bits per heavy atom. The van der Waals surface area contributed by atoms with Crippen molar-refractivity contribution in [2.75, 3.05) is 0 Å². The Morgan fingerprint density at radius 1 is 0.889 bits per heavy atom. The number of hydrogen-bond acceptors (Lipinski definition) is 1. The van der Waals surface area contributed by atoms with Gasteiger partial charge in [0.1, 0.15) is 0 Å². The van der Waals surface area contributed by atoms with Crippen LogP contribution in [0.4, 0.5) is 0 Å². The topological polar surface area (TPSA) is 17.1 Å². The van der Waals surface area contributed by atoms with Crippen molar-refractivity contribution in [3.8, 4) is 0 Å². The lowest BCUT2D eigenvalue weighted by Gasteiger charge is -2.03. The Labute approximate surface area is 115 Å². The van der Waals surface area contributed by atoms with E-state index in [0.29, 0.717) is 15.6 Å². The van der Waals surface area contributed by atoms with Gasteiger partial charge in [-0.1, -0.05) is 53.5 Å². The zero-order chi connectivity index (χ0) is 12.7. The number of allylic oxidation sites excluding steroid dienone is 1. The summed E-state index contributed by atoms with van der Waals surface area (Å²) in [5, 5.41) is 0.947. The predicted molar refractivity (Wildman–Crippen MR) is 75.1 cm³/mol. The number of rotatable bonds is 1.